The fourth-order valence-corrected chi connectivity index (χ4v) is 5.45. The van der Waals surface area contributed by atoms with Crippen LogP contribution < -0.4 is 9.47 Å². The number of aromatic nitrogens is 1. The second-order valence-electron chi connectivity index (χ2n) is 8.52. The maximum Gasteiger partial charge on any atom is 0.268 e. The van der Waals surface area contributed by atoms with Crippen molar-refractivity contribution in [3.8, 4) is 11.5 Å². The summed E-state index contributed by atoms with van der Waals surface area (Å²) in [5, 5.41) is 0.810. The molecule has 2 heterocycles. The molecule has 4 rings (SSSR count). The highest BCUT2D eigenvalue weighted by atomic mass is 32.2. The summed E-state index contributed by atoms with van der Waals surface area (Å²) in [5.74, 6) is 1.60. The molecular formula is C24H30N2O4S. The van der Waals surface area contributed by atoms with Crippen molar-refractivity contribution in [2.75, 3.05) is 27.2 Å². The lowest BCUT2D eigenvalue weighted by atomic mass is 10.0. The van der Waals surface area contributed by atoms with Gasteiger partial charge in [0, 0.05) is 30.7 Å². The number of nitrogens with zero attached hydrogens (tertiary/aromatic N) is 2. The lowest BCUT2D eigenvalue weighted by Crippen LogP contribution is -2.35. The van der Waals surface area contributed by atoms with Gasteiger partial charge in [0.2, 0.25) is 0 Å². The predicted molar refractivity (Wildman–Crippen MR) is 123 cm³/mol. The van der Waals surface area contributed by atoms with Crippen LogP contribution in [0.5, 0.6) is 11.5 Å². The van der Waals surface area contributed by atoms with E-state index in [1.54, 1.807) is 43.6 Å². The number of benzene rings is 2. The first-order chi connectivity index (χ1) is 14.8. The molecule has 6 nitrogen and oxygen atoms in total. The Labute approximate surface area is 184 Å². The Hall–Kier alpha value is -2.51. The molecule has 0 spiro atoms. The second kappa shape index (κ2) is 8.55. The van der Waals surface area contributed by atoms with Crippen LogP contribution >= 0.6 is 0 Å². The third-order valence-electron chi connectivity index (χ3n) is 5.98. The lowest BCUT2D eigenvalue weighted by Gasteiger charge is -2.30. The highest BCUT2D eigenvalue weighted by Crippen LogP contribution is 2.33. The van der Waals surface area contributed by atoms with E-state index < -0.39 is 10.0 Å². The van der Waals surface area contributed by atoms with Crippen LogP contribution in [-0.4, -0.2) is 50.6 Å². The number of fused-ring (bicyclic) bond motifs is 1. The normalized spacial score (nSPS) is 16.2. The van der Waals surface area contributed by atoms with Gasteiger partial charge < -0.3 is 14.4 Å². The molecule has 0 unspecified atom stereocenters. The van der Waals surface area contributed by atoms with Gasteiger partial charge in [0.15, 0.2) is 0 Å². The van der Waals surface area contributed by atoms with Crippen molar-refractivity contribution in [3.05, 3.63) is 54.2 Å². The number of ether oxygens (including phenoxy) is 2. The van der Waals surface area contributed by atoms with Crippen molar-refractivity contribution in [1.29, 1.82) is 0 Å². The number of rotatable bonds is 6. The van der Waals surface area contributed by atoms with Gasteiger partial charge >= 0.3 is 0 Å². The molecule has 0 N–H and O–H groups in total. The van der Waals surface area contributed by atoms with Gasteiger partial charge in [0.25, 0.3) is 10.0 Å². The monoisotopic (exact) mass is 442 g/mol. The molecule has 0 radical (unpaired) electrons. The van der Waals surface area contributed by atoms with Gasteiger partial charge in [-0.1, -0.05) is 19.9 Å². The number of methoxy groups -OCH3 is 1. The minimum absolute atomic E-state index is 0.103. The zero-order chi connectivity index (χ0) is 22.2. The Morgan fingerprint density at radius 3 is 2.45 bits per heavy atom. The molecule has 1 aromatic heterocycles. The van der Waals surface area contributed by atoms with E-state index in [1.165, 1.54) is 3.97 Å². The highest BCUT2D eigenvalue weighted by Gasteiger charge is 2.24. The first-order valence-electron chi connectivity index (χ1n) is 10.7. The Morgan fingerprint density at radius 1 is 1.03 bits per heavy atom. The average molecular weight is 443 g/mol. The van der Waals surface area contributed by atoms with Crippen LogP contribution in [0.3, 0.4) is 0 Å². The summed E-state index contributed by atoms with van der Waals surface area (Å²) < 4.78 is 39.9. The predicted octanol–water partition coefficient (Wildman–Crippen LogP) is 4.48. The van der Waals surface area contributed by atoms with Crippen molar-refractivity contribution in [2.24, 2.45) is 0 Å². The first-order valence-corrected chi connectivity index (χ1v) is 12.1. The summed E-state index contributed by atoms with van der Waals surface area (Å²) in [6, 6.07) is 12.4. The lowest BCUT2D eigenvalue weighted by molar-refractivity contribution is 0.113. The van der Waals surface area contributed by atoms with E-state index in [2.05, 4.69) is 25.8 Å². The Bertz CT molecular complexity index is 1180. The van der Waals surface area contributed by atoms with Crippen LogP contribution in [0.4, 0.5) is 0 Å². The minimum Gasteiger partial charge on any atom is -0.497 e. The van der Waals surface area contributed by atoms with Crippen LogP contribution in [0.15, 0.2) is 53.6 Å². The fourth-order valence-electron chi connectivity index (χ4n) is 4.08. The number of piperidine rings is 1. The van der Waals surface area contributed by atoms with Gasteiger partial charge in [0.05, 0.1) is 17.5 Å². The average Bonchev–Trinajstić information content (AvgIpc) is 3.19. The molecule has 2 aromatic carbocycles. The van der Waals surface area contributed by atoms with Crippen LogP contribution in [0.25, 0.3) is 10.9 Å². The SMILES string of the molecule is COc1ccc2c(ccn2S(=O)(=O)c2ccc(C(C)C)c(OC3CCN(C)CC3)c2)c1. The van der Waals surface area contributed by atoms with Crippen LogP contribution in [0.2, 0.25) is 0 Å². The Balaban J connectivity index is 1.71. The maximum absolute atomic E-state index is 13.5. The summed E-state index contributed by atoms with van der Waals surface area (Å²) in [4.78, 5) is 2.52. The van der Waals surface area contributed by atoms with E-state index in [9.17, 15) is 8.42 Å². The number of likely N-dealkylation sites (tertiary alicyclic amines) is 1. The maximum atomic E-state index is 13.5. The quantitative estimate of drug-likeness (QED) is 0.563. The molecule has 31 heavy (non-hydrogen) atoms. The molecule has 0 atom stereocenters. The van der Waals surface area contributed by atoms with Crippen molar-refractivity contribution in [1.82, 2.24) is 8.87 Å². The standard InChI is InChI=1S/C24H30N2O4S/c1-17(2)22-7-6-21(16-24(22)30-19-10-12-25(3)13-11-19)31(27,28)26-14-9-18-15-20(29-4)5-8-23(18)26/h5-9,14-17,19H,10-13H2,1-4H3. The molecule has 1 aliphatic heterocycles. The van der Waals surface area contributed by atoms with Gasteiger partial charge in [-0.15, -0.1) is 0 Å². The summed E-state index contributed by atoms with van der Waals surface area (Å²) >= 11 is 0. The molecular weight excluding hydrogens is 412 g/mol. The third kappa shape index (κ3) is 4.29. The molecule has 3 aromatic rings. The summed E-state index contributed by atoms with van der Waals surface area (Å²) in [7, 11) is -0.0634. The van der Waals surface area contributed by atoms with Crippen LogP contribution in [-0.2, 0) is 10.0 Å². The molecule has 0 bridgehead atoms. The number of hydrogen-bond acceptors (Lipinski definition) is 5. The molecule has 166 valence electrons. The van der Waals surface area contributed by atoms with Gasteiger partial charge in [-0.2, -0.15) is 0 Å². The molecule has 1 saturated heterocycles. The Kier molecular flexibility index (Phi) is 5.99. The fraction of sp³-hybridized carbons (Fsp3) is 0.417. The smallest absolute Gasteiger partial charge is 0.268 e. The first kappa shape index (κ1) is 21.7. The van der Waals surface area contributed by atoms with Crippen molar-refractivity contribution >= 4 is 20.9 Å². The summed E-state index contributed by atoms with van der Waals surface area (Å²) in [6.45, 7) is 6.16. The molecule has 0 saturated carbocycles. The van der Waals surface area contributed by atoms with Crippen molar-refractivity contribution < 1.29 is 17.9 Å². The summed E-state index contributed by atoms with van der Waals surface area (Å²) in [5.41, 5.74) is 1.64. The van der Waals surface area contributed by atoms with Gasteiger partial charge in [0.1, 0.15) is 17.6 Å². The largest absolute Gasteiger partial charge is 0.497 e. The molecule has 1 fully saturated rings. The second-order valence-corrected chi connectivity index (χ2v) is 10.3. The van der Waals surface area contributed by atoms with Gasteiger partial charge in [-0.05, 0) is 61.7 Å². The van der Waals surface area contributed by atoms with E-state index in [0.717, 1.165) is 36.9 Å². The van der Waals surface area contributed by atoms with Gasteiger partial charge in [-0.3, -0.25) is 0 Å². The van der Waals surface area contributed by atoms with E-state index in [0.29, 0.717) is 17.0 Å². The van der Waals surface area contributed by atoms with E-state index in [4.69, 9.17) is 9.47 Å². The zero-order valence-corrected chi connectivity index (χ0v) is 19.4. The highest BCUT2D eigenvalue weighted by molar-refractivity contribution is 7.90. The molecule has 1 aliphatic rings. The topological polar surface area (TPSA) is 60.8 Å². The molecule has 0 amide bonds. The van der Waals surface area contributed by atoms with Crippen molar-refractivity contribution in [2.45, 2.75) is 43.6 Å². The van der Waals surface area contributed by atoms with Crippen molar-refractivity contribution in [3.63, 3.8) is 0 Å². The van der Waals surface area contributed by atoms with E-state index in [1.807, 2.05) is 12.1 Å². The van der Waals surface area contributed by atoms with Gasteiger partial charge in [-0.25, -0.2) is 12.4 Å². The Morgan fingerprint density at radius 2 is 1.77 bits per heavy atom. The minimum atomic E-state index is -3.77. The molecule has 0 aliphatic carbocycles. The zero-order valence-electron chi connectivity index (χ0n) is 18.5. The summed E-state index contributed by atoms with van der Waals surface area (Å²) in [6.07, 6.45) is 3.57. The van der Waals surface area contributed by atoms with Crippen LogP contribution in [0, 0.1) is 0 Å². The van der Waals surface area contributed by atoms with E-state index >= 15 is 0 Å². The third-order valence-corrected chi connectivity index (χ3v) is 7.67. The van der Waals surface area contributed by atoms with E-state index in [-0.39, 0.29) is 16.9 Å². The number of hydrogen-bond donors (Lipinski definition) is 0. The molecule has 7 heteroatoms. The van der Waals surface area contributed by atoms with Crippen LogP contribution in [0.1, 0.15) is 38.2 Å².